The Morgan fingerprint density at radius 2 is 1.63 bits per heavy atom. The van der Waals surface area contributed by atoms with Crippen molar-refractivity contribution in [3.8, 4) is 16.9 Å². The Morgan fingerprint density at radius 1 is 0.980 bits per heavy atom. The number of hydrogen-bond donors (Lipinski definition) is 4. The smallest absolute Gasteiger partial charge is 0.209 e. The molecule has 0 amide bonds. The van der Waals surface area contributed by atoms with E-state index in [1.54, 1.807) is 6.92 Å². The quantitative estimate of drug-likeness (QED) is 0.227. The van der Waals surface area contributed by atoms with Gasteiger partial charge in [-0.15, -0.1) is 0 Å². The number of aromatic hydroxyl groups is 1. The van der Waals surface area contributed by atoms with Gasteiger partial charge in [0.15, 0.2) is 17.2 Å². The van der Waals surface area contributed by atoms with Crippen molar-refractivity contribution in [1.29, 1.82) is 0 Å². The van der Waals surface area contributed by atoms with Crippen LogP contribution in [0.2, 0.25) is 0 Å². The van der Waals surface area contributed by atoms with Gasteiger partial charge in [-0.2, -0.15) is 0 Å². The molecule has 262 valence electrons. The van der Waals surface area contributed by atoms with Crippen molar-refractivity contribution in [2.45, 2.75) is 112 Å². The van der Waals surface area contributed by atoms with Gasteiger partial charge in [0.05, 0.1) is 5.56 Å². The number of carbonyl (C=O) groups is 3. The van der Waals surface area contributed by atoms with E-state index >= 15 is 0 Å². The molecule has 49 heavy (non-hydrogen) atoms. The summed E-state index contributed by atoms with van der Waals surface area (Å²) >= 11 is 0. The summed E-state index contributed by atoms with van der Waals surface area (Å²) in [4.78, 5) is 41.5. The van der Waals surface area contributed by atoms with E-state index in [-0.39, 0.29) is 47.3 Å². The summed E-state index contributed by atoms with van der Waals surface area (Å²) in [6.45, 7) is 14.7. The molecule has 7 nitrogen and oxygen atoms in total. The molecule has 0 radical (unpaired) electrons. The van der Waals surface area contributed by atoms with E-state index in [4.69, 9.17) is 0 Å². The number of hydrogen-bond acceptors (Lipinski definition) is 7. The average molecular weight is 669 g/mol. The Morgan fingerprint density at radius 3 is 2.22 bits per heavy atom. The highest BCUT2D eigenvalue weighted by molar-refractivity contribution is 6.25. The first-order chi connectivity index (χ1) is 22.9. The molecule has 0 bridgehead atoms. The molecule has 1 saturated carbocycles. The summed E-state index contributed by atoms with van der Waals surface area (Å²) in [6, 6.07) is 10.1. The highest BCUT2D eigenvalue weighted by atomic mass is 16.3. The van der Waals surface area contributed by atoms with E-state index in [0.717, 1.165) is 30.4 Å². The molecule has 0 spiro atoms. The van der Waals surface area contributed by atoms with Gasteiger partial charge in [0, 0.05) is 27.9 Å². The Bertz CT molecular complexity index is 1820. The van der Waals surface area contributed by atoms with Crippen LogP contribution in [-0.4, -0.2) is 43.4 Å². The Labute approximate surface area is 290 Å². The van der Waals surface area contributed by atoms with Gasteiger partial charge in [-0.3, -0.25) is 14.4 Å². The number of phenolic OH excluding ortho intramolecular Hbond substituents is 1. The van der Waals surface area contributed by atoms with Crippen LogP contribution in [0.25, 0.3) is 11.1 Å². The molecule has 0 heterocycles. The second-order valence-electron chi connectivity index (χ2n) is 16.9. The van der Waals surface area contributed by atoms with Crippen LogP contribution in [0.3, 0.4) is 0 Å². The second kappa shape index (κ2) is 12.0. The first-order valence-electron chi connectivity index (χ1n) is 18.1. The molecule has 0 aliphatic heterocycles. The third-order valence-electron chi connectivity index (χ3n) is 12.6. The summed E-state index contributed by atoms with van der Waals surface area (Å²) in [5.41, 5.74) is -1.61. The van der Waals surface area contributed by atoms with Gasteiger partial charge in [0.25, 0.3) is 0 Å². The van der Waals surface area contributed by atoms with Crippen molar-refractivity contribution in [3.63, 3.8) is 0 Å². The van der Waals surface area contributed by atoms with Gasteiger partial charge in [-0.05, 0) is 91.0 Å². The third-order valence-corrected chi connectivity index (χ3v) is 12.6. The van der Waals surface area contributed by atoms with E-state index in [0.29, 0.717) is 17.0 Å². The number of Topliss-reactive ketones (excluding diaryl/α,β-unsaturated/α-hetero) is 3. The van der Waals surface area contributed by atoms with Crippen LogP contribution < -0.4 is 0 Å². The van der Waals surface area contributed by atoms with E-state index in [1.165, 1.54) is 31.2 Å². The molecular weight excluding hydrogens is 616 g/mol. The summed E-state index contributed by atoms with van der Waals surface area (Å²) in [7, 11) is 0. The third kappa shape index (κ3) is 5.13. The van der Waals surface area contributed by atoms with Gasteiger partial charge in [-0.25, -0.2) is 0 Å². The molecule has 4 N–H and O–H groups in total. The maximum atomic E-state index is 14.8. The van der Waals surface area contributed by atoms with E-state index < -0.39 is 51.0 Å². The molecule has 2 aromatic rings. The lowest BCUT2D eigenvalue weighted by molar-refractivity contribution is -0.171. The molecular formula is C42H52O7. The van der Waals surface area contributed by atoms with Crippen LogP contribution in [0.5, 0.6) is 5.75 Å². The number of benzene rings is 2. The number of rotatable bonds is 6. The largest absolute Gasteiger partial charge is 0.511 e. The number of phenols is 1. The summed E-state index contributed by atoms with van der Waals surface area (Å²) in [5, 5.41) is 47.9. The van der Waals surface area contributed by atoms with Crippen molar-refractivity contribution >= 4 is 17.3 Å². The van der Waals surface area contributed by atoms with Gasteiger partial charge in [0.2, 0.25) is 5.78 Å². The highest BCUT2D eigenvalue weighted by Crippen LogP contribution is 2.65. The van der Waals surface area contributed by atoms with Crippen LogP contribution in [-0.2, 0) is 22.4 Å². The van der Waals surface area contributed by atoms with Gasteiger partial charge >= 0.3 is 0 Å². The zero-order valence-corrected chi connectivity index (χ0v) is 30.2. The van der Waals surface area contributed by atoms with Gasteiger partial charge in [-0.1, -0.05) is 85.6 Å². The molecule has 1 unspecified atom stereocenters. The Balaban J connectivity index is 1.52. The normalized spacial score (nSPS) is 31.6. The number of ketones is 3. The topological polar surface area (TPSA) is 132 Å². The van der Waals surface area contributed by atoms with Crippen molar-refractivity contribution in [2.24, 2.45) is 34.5 Å². The number of carbonyl (C=O) groups excluding carboxylic acids is 3. The van der Waals surface area contributed by atoms with E-state index in [9.17, 15) is 34.8 Å². The fraction of sp³-hybridized carbons (Fsp3) is 0.548. The lowest BCUT2D eigenvalue weighted by atomic mass is 9.44. The summed E-state index contributed by atoms with van der Waals surface area (Å²) in [5.74, 6) is -3.61. The predicted octanol–water partition coefficient (Wildman–Crippen LogP) is 8.51. The minimum Gasteiger partial charge on any atom is -0.511 e. The van der Waals surface area contributed by atoms with Crippen LogP contribution in [0.1, 0.15) is 120 Å². The first kappa shape index (κ1) is 35.1. The van der Waals surface area contributed by atoms with Crippen molar-refractivity contribution < 1.29 is 34.8 Å². The predicted molar refractivity (Wildman–Crippen MR) is 190 cm³/mol. The van der Waals surface area contributed by atoms with E-state index in [1.807, 2.05) is 52.8 Å². The van der Waals surface area contributed by atoms with Gasteiger partial charge < -0.3 is 20.4 Å². The van der Waals surface area contributed by atoms with Crippen LogP contribution >= 0.6 is 0 Å². The molecule has 4 aliphatic carbocycles. The molecule has 6 rings (SSSR count). The van der Waals surface area contributed by atoms with Crippen LogP contribution in [0.4, 0.5) is 0 Å². The Hall–Kier alpha value is -3.71. The monoisotopic (exact) mass is 668 g/mol. The molecule has 2 aromatic carbocycles. The first-order valence-corrected chi connectivity index (χ1v) is 18.1. The minimum absolute atomic E-state index is 0.00285. The number of aliphatic hydroxyl groups is 3. The lowest BCUT2D eigenvalue weighted by Crippen LogP contribution is -2.67. The van der Waals surface area contributed by atoms with Crippen LogP contribution in [0.15, 0.2) is 53.0 Å². The maximum Gasteiger partial charge on any atom is 0.209 e. The summed E-state index contributed by atoms with van der Waals surface area (Å²) < 4.78 is 0. The lowest BCUT2D eigenvalue weighted by Gasteiger charge is -2.59. The maximum absolute atomic E-state index is 14.8. The number of fused-ring (bicyclic) bond motifs is 3. The highest BCUT2D eigenvalue weighted by Gasteiger charge is 2.71. The molecule has 1 fully saturated rings. The molecule has 0 aromatic heterocycles. The fourth-order valence-corrected chi connectivity index (χ4v) is 10.3. The molecule has 4 atom stereocenters. The Kier molecular flexibility index (Phi) is 8.58. The molecule has 0 saturated heterocycles. The standard InChI is InChI=1S/C42H52O7/c1-21(2)28-18-29(27-11-9-10-26(17-27)16-25-14-12-23(5)13-15-25)35(44)32-30(28)19-40(7)20-41(8)33(22(3)4)36(45)31(24(6)43)38(47)42(41,49)39(48)34(40)37(32)46/h9-11,17-18,21-23,25,33,44-45,48-49H,12-16,19-20H2,1-8H3/t23?,25?,33?,40-,41-,42+/m1/s1. The van der Waals surface area contributed by atoms with E-state index in [2.05, 4.69) is 19.1 Å². The summed E-state index contributed by atoms with van der Waals surface area (Å²) in [6.07, 6.45) is 6.18. The number of aliphatic hydroxyl groups excluding tert-OH is 2. The SMILES string of the molecule is CC(=O)C1=C(O)C(C(C)C)[C@@]2(C)C[C@@]3(C)Cc4c(C(C)C)cc(-c5cccc(CC6CCC(C)CC6)c5)c(O)c4C(=O)C3=C(O)[C@@]2(O)C1=O. The van der Waals surface area contributed by atoms with Gasteiger partial charge in [0.1, 0.15) is 22.8 Å². The minimum atomic E-state index is -2.63. The second-order valence-corrected chi connectivity index (χ2v) is 16.9. The zero-order chi connectivity index (χ0) is 36.0. The van der Waals surface area contributed by atoms with Crippen LogP contribution in [0, 0.1) is 34.5 Å². The fourth-order valence-electron chi connectivity index (χ4n) is 10.3. The molecule has 4 aliphatic rings. The zero-order valence-electron chi connectivity index (χ0n) is 30.2. The van der Waals surface area contributed by atoms with Crippen molar-refractivity contribution in [3.05, 3.63) is 75.3 Å². The molecule has 7 heteroatoms. The average Bonchev–Trinajstić information content (AvgIpc) is 3.00. The van der Waals surface area contributed by atoms with Crippen molar-refractivity contribution in [1.82, 2.24) is 0 Å². The number of allylic oxidation sites excluding steroid dienone is 2. The van der Waals surface area contributed by atoms with Crippen molar-refractivity contribution in [2.75, 3.05) is 0 Å².